The molecule has 5 heteroatoms. The second kappa shape index (κ2) is 4.71. The lowest BCUT2D eigenvalue weighted by Gasteiger charge is -2.26. The molecule has 5 nitrogen and oxygen atoms in total. The normalized spacial score (nSPS) is 17.0. The molecular formula is C13H22N4O. The first kappa shape index (κ1) is 13.1. The summed E-state index contributed by atoms with van der Waals surface area (Å²) in [5.74, 6) is 0.160. The van der Waals surface area contributed by atoms with E-state index in [1.807, 2.05) is 9.58 Å². The van der Waals surface area contributed by atoms with E-state index in [0.29, 0.717) is 0 Å². The molecule has 0 saturated carbocycles. The summed E-state index contributed by atoms with van der Waals surface area (Å²) in [6, 6.07) is 0. The van der Waals surface area contributed by atoms with Crippen molar-refractivity contribution in [1.29, 1.82) is 0 Å². The first-order chi connectivity index (χ1) is 8.39. The Morgan fingerprint density at radius 1 is 1.22 bits per heavy atom. The quantitative estimate of drug-likeness (QED) is 0.699. The maximum Gasteiger partial charge on any atom is 0.219 e. The maximum absolute atomic E-state index is 11.5. The van der Waals surface area contributed by atoms with Crippen LogP contribution in [0, 0.1) is 0 Å². The Hall–Kier alpha value is -1.39. The first-order valence-corrected chi connectivity index (χ1v) is 6.59. The van der Waals surface area contributed by atoms with Gasteiger partial charge in [-0.25, -0.2) is 4.68 Å². The van der Waals surface area contributed by atoms with Crippen molar-refractivity contribution in [3.8, 4) is 0 Å². The summed E-state index contributed by atoms with van der Waals surface area (Å²) in [5, 5.41) is 8.59. The zero-order valence-corrected chi connectivity index (χ0v) is 11.7. The van der Waals surface area contributed by atoms with Crippen LogP contribution in [0.25, 0.3) is 0 Å². The largest absolute Gasteiger partial charge is 0.343 e. The van der Waals surface area contributed by atoms with E-state index in [4.69, 9.17) is 0 Å². The highest BCUT2D eigenvalue weighted by molar-refractivity contribution is 5.73. The van der Waals surface area contributed by atoms with Crippen molar-refractivity contribution in [2.45, 2.75) is 52.5 Å². The Kier molecular flexibility index (Phi) is 3.41. The Labute approximate surface area is 108 Å². The fourth-order valence-corrected chi connectivity index (χ4v) is 2.42. The van der Waals surface area contributed by atoms with Crippen molar-refractivity contribution in [2.75, 3.05) is 13.1 Å². The second-order valence-electron chi connectivity index (χ2n) is 5.93. The third-order valence-corrected chi connectivity index (χ3v) is 3.38. The number of aryl methyl sites for hydroxylation is 1. The van der Waals surface area contributed by atoms with Gasteiger partial charge in [0.1, 0.15) is 0 Å². The average Bonchev–Trinajstić information content (AvgIpc) is 2.59. The highest BCUT2D eigenvalue weighted by Gasteiger charge is 2.24. The molecule has 0 radical (unpaired) electrons. The zero-order valence-electron chi connectivity index (χ0n) is 11.7. The summed E-state index contributed by atoms with van der Waals surface area (Å²) in [5.41, 5.74) is 2.24. The molecule has 1 aliphatic heterocycles. The van der Waals surface area contributed by atoms with Crippen LogP contribution in [0.3, 0.4) is 0 Å². The molecule has 0 N–H and O–H groups in total. The van der Waals surface area contributed by atoms with Crippen LogP contribution < -0.4 is 0 Å². The molecular weight excluding hydrogens is 228 g/mol. The summed E-state index contributed by atoms with van der Waals surface area (Å²) < 4.78 is 2.01. The smallest absolute Gasteiger partial charge is 0.219 e. The minimum Gasteiger partial charge on any atom is -0.343 e. The minimum atomic E-state index is -0.0547. The fourth-order valence-electron chi connectivity index (χ4n) is 2.42. The second-order valence-corrected chi connectivity index (χ2v) is 5.93. The molecule has 1 amide bonds. The van der Waals surface area contributed by atoms with Gasteiger partial charge in [-0.2, -0.15) is 0 Å². The molecule has 0 unspecified atom stereocenters. The van der Waals surface area contributed by atoms with E-state index in [9.17, 15) is 4.79 Å². The van der Waals surface area contributed by atoms with Gasteiger partial charge in [-0.1, -0.05) is 5.21 Å². The third kappa shape index (κ3) is 2.54. The van der Waals surface area contributed by atoms with Crippen molar-refractivity contribution in [2.24, 2.45) is 0 Å². The van der Waals surface area contributed by atoms with E-state index < -0.39 is 0 Å². The number of fused-ring (bicyclic) bond motifs is 1. The zero-order chi connectivity index (χ0) is 13.3. The van der Waals surface area contributed by atoms with Crippen molar-refractivity contribution in [1.82, 2.24) is 19.9 Å². The van der Waals surface area contributed by atoms with E-state index in [1.54, 1.807) is 6.92 Å². The standard InChI is InChI=1S/C13H22N4O/c1-10(18)16-8-5-6-11-12(7-9-16)17(15-14-11)13(2,3)4/h5-9H2,1-4H3. The molecule has 2 heterocycles. The molecule has 18 heavy (non-hydrogen) atoms. The van der Waals surface area contributed by atoms with E-state index >= 15 is 0 Å². The van der Waals surface area contributed by atoms with Crippen molar-refractivity contribution in [3.63, 3.8) is 0 Å². The van der Waals surface area contributed by atoms with Crippen LogP contribution >= 0.6 is 0 Å². The van der Waals surface area contributed by atoms with Gasteiger partial charge < -0.3 is 4.90 Å². The van der Waals surface area contributed by atoms with Gasteiger partial charge in [0.15, 0.2) is 0 Å². The molecule has 2 rings (SSSR count). The molecule has 100 valence electrons. The lowest BCUT2D eigenvalue weighted by atomic mass is 10.0. The molecule has 0 fully saturated rings. The summed E-state index contributed by atoms with van der Waals surface area (Å²) >= 11 is 0. The topological polar surface area (TPSA) is 51.0 Å². The molecule has 0 bridgehead atoms. The molecule has 0 aromatic carbocycles. The molecule has 0 saturated heterocycles. The maximum atomic E-state index is 11.5. The molecule has 0 spiro atoms. The first-order valence-electron chi connectivity index (χ1n) is 6.59. The lowest BCUT2D eigenvalue weighted by molar-refractivity contribution is -0.128. The van der Waals surface area contributed by atoms with Crippen molar-refractivity contribution in [3.05, 3.63) is 11.4 Å². The molecule has 1 aliphatic rings. The van der Waals surface area contributed by atoms with Gasteiger partial charge in [0.05, 0.1) is 16.9 Å². The average molecular weight is 250 g/mol. The monoisotopic (exact) mass is 250 g/mol. The van der Waals surface area contributed by atoms with Gasteiger partial charge in [-0.05, 0) is 33.6 Å². The summed E-state index contributed by atoms with van der Waals surface area (Å²) in [4.78, 5) is 13.4. The highest BCUT2D eigenvalue weighted by Crippen LogP contribution is 2.20. The van der Waals surface area contributed by atoms with Crippen LogP contribution in [0.4, 0.5) is 0 Å². The number of nitrogens with zero attached hydrogens (tertiary/aromatic N) is 4. The van der Waals surface area contributed by atoms with Crippen LogP contribution in [-0.2, 0) is 23.2 Å². The Balaban J connectivity index is 2.27. The summed E-state index contributed by atoms with van der Waals surface area (Å²) in [6.07, 6.45) is 2.73. The van der Waals surface area contributed by atoms with Crippen LogP contribution in [0.15, 0.2) is 0 Å². The molecule has 0 aliphatic carbocycles. The molecule has 1 aromatic heterocycles. The van der Waals surface area contributed by atoms with Gasteiger partial charge in [0, 0.05) is 26.4 Å². The Morgan fingerprint density at radius 3 is 2.56 bits per heavy atom. The van der Waals surface area contributed by atoms with Crippen LogP contribution in [-0.4, -0.2) is 38.9 Å². The predicted molar refractivity (Wildman–Crippen MR) is 69.3 cm³/mol. The van der Waals surface area contributed by atoms with E-state index in [1.165, 1.54) is 5.69 Å². The van der Waals surface area contributed by atoms with Crippen LogP contribution in [0.1, 0.15) is 45.5 Å². The number of carbonyl (C=O) groups is 1. The summed E-state index contributed by atoms with van der Waals surface area (Å²) in [6.45, 7) is 9.63. The number of hydrogen-bond acceptors (Lipinski definition) is 3. The number of aromatic nitrogens is 3. The van der Waals surface area contributed by atoms with Crippen LogP contribution in [0.2, 0.25) is 0 Å². The summed E-state index contributed by atoms with van der Waals surface area (Å²) in [7, 11) is 0. The van der Waals surface area contributed by atoms with E-state index in [0.717, 1.165) is 38.0 Å². The highest BCUT2D eigenvalue weighted by atomic mass is 16.2. The van der Waals surface area contributed by atoms with Crippen molar-refractivity contribution >= 4 is 5.91 Å². The van der Waals surface area contributed by atoms with Gasteiger partial charge >= 0.3 is 0 Å². The third-order valence-electron chi connectivity index (χ3n) is 3.38. The van der Waals surface area contributed by atoms with Crippen LogP contribution in [0.5, 0.6) is 0 Å². The van der Waals surface area contributed by atoms with E-state index in [2.05, 4.69) is 31.1 Å². The Bertz CT molecular complexity index is 444. The van der Waals surface area contributed by atoms with Gasteiger partial charge in [-0.15, -0.1) is 5.10 Å². The Morgan fingerprint density at radius 2 is 1.94 bits per heavy atom. The molecule has 0 atom stereocenters. The lowest BCUT2D eigenvalue weighted by Crippen LogP contribution is -2.35. The number of hydrogen-bond donors (Lipinski definition) is 0. The van der Waals surface area contributed by atoms with Gasteiger partial charge in [-0.3, -0.25) is 4.79 Å². The van der Waals surface area contributed by atoms with Crippen molar-refractivity contribution < 1.29 is 4.79 Å². The SMILES string of the molecule is CC(=O)N1CCCc2nnn(C(C)(C)C)c2CC1. The minimum absolute atomic E-state index is 0.0547. The molecule has 1 aromatic rings. The fraction of sp³-hybridized carbons (Fsp3) is 0.769. The number of rotatable bonds is 0. The van der Waals surface area contributed by atoms with Gasteiger partial charge in [0.2, 0.25) is 5.91 Å². The predicted octanol–water partition coefficient (Wildman–Crippen LogP) is 1.37. The number of carbonyl (C=O) groups excluding carboxylic acids is 1. The number of amides is 1. The van der Waals surface area contributed by atoms with Gasteiger partial charge in [0.25, 0.3) is 0 Å². The van der Waals surface area contributed by atoms with E-state index in [-0.39, 0.29) is 11.4 Å².